The van der Waals surface area contributed by atoms with E-state index < -0.39 is 0 Å². The van der Waals surface area contributed by atoms with Crippen LogP contribution in [0.1, 0.15) is 30.3 Å². The Morgan fingerprint density at radius 1 is 1.44 bits per heavy atom. The summed E-state index contributed by atoms with van der Waals surface area (Å²) >= 11 is 5.63. The minimum atomic E-state index is -0.308. The van der Waals surface area contributed by atoms with Crippen LogP contribution < -0.4 is 0 Å². The molecule has 1 atom stereocenters. The van der Waals surface area contributed by atoms with Gasteiger partial charge in [0.25, 0.3) is 5.91 Å². The Bertz CT molecular complexity index is 414. The maximum absolute atomic E-state index is 12.1. The fourth-order valence-corrected chi connectivity index (χ4v) is 2.27. The summed E-state index contributed by atoms with van der Waals surface area (Å²) in [6.45, 7) is 3.10. The summed E-state index contributed by atoms with van der Waals surface area (Å²) in [5, 5.41) is 9.79. The monoisotopic (exact) mass is 269 g/mol. The molecule has 0 bridgehead atoms. The molecule has 1 aliphatic heterocycles. The van der Waals surface area contributed by atoms with Gasteiger partial charge in [-0.05, 0) is 25.7 Å². The molecule has 1 N–H and O–H groups in total. The number of nitrogens with zero attached hydrogens (tertiary/aromatic N) is 3. The second-order valence-electron chi connectivity index (χ2n) is 4.59. The Balaban J connectivity index is 1.97. The number of hydrogen-bond donors (Lipinski definition) is 1. The fraction of sp³-hybridized carbons (Fsp3) is 0.583. The first-order valence-electron chi connectivity index (χ1n) is 6.03. The van der Waals surface area contributed by atoms with Crippen LogP contribution in [0.15, 0.2) is 12.4 Å². The molecule has 1 unspecified atom stereocenters. The largest absolute Gasteiger partial charge is 0.393 e. The van der Waals surface area contributed by atoms with Crippen LogP contribution >= 0.6 is 11.6 Å². The highest BCUT2D eigenvalue weighted by molar-refractivity contribution is 6.29. The third-order valence-electron chi connectivity index (χ3n) is 3.35. The molecule has 2 rings (SSSR count). The van der Waals surface area contributed by atoms with Gasteiger partial charge in [-0.1, -0.05) is 11.6 Å². The zero-order valence-corrected chi connectivity index (χ0v) is 11.0. The number of carbonyl (C=O) groups excluding carboxylic acids is 1. The fourth-order valence-electron chi connectivity index (χ4n) is 2.17. The molecule has 6 heteroatoms. The van der Waals surface area contributed by atoms with Gasteiger partial charge in [-0.25, -0.2) is 9.97 Å². The summed E-state index contributed by atoms with van der Waals surface area (Å²) in [5.74, 6) is 0.161. The maximum atomic E-state index is 12.1. The van der Waals surface area contributed by atoms with Gasteiger partial charge in [0.15, 0.2) is 0 Å². The average molecular weight is 270 g/mol. The van der Waals surface area contributed by atoms with Crippen LogP contribution in [0.25, 0.3) is 0 Å². The van der Waals surface area contributed by atoms with E-state index in [-0.39, 0.29) is 23.1 Å². The van der Waals surface area contributed by atoms with Crippen LogP contribution in [0.5, 0.6) is 0 Å². The van der Waals surface area contributed by atoms with Crippen LogP contribution in [0.3, 0.4) is 0 Å². The van der Waals surface area contributed by atoms with E-state index in [0.717, 1.165) is 12.8 Å². The lowest BCUT2D eigenvalue weighted by molar-refractivity contribution is 0.0516. The lowest BCUT2D eigenvalue weighted by atomic mass is 9.92. The van der Waals surface area contributed by atoms with Crippen molar-refractivity contribution in [2.75, 3.05) is 13.1 Å². The van der Waals surface area contributed by atoms with E-state index in [0.29, 0.717) is 18.8 Å². The summed E-state index contributed by atoms with van der Waals surface area (Å²) in [4.78, 5) is 21.7. The van der Waals surface area contributed by atoms with Crippen molar-refractivity contribution in [3.8, 4) is 0 Å². The van der Waals surface area contributed by atoms with Crippen LogP contribution in [0, 0.1) is 5.92 Å². The van der Waals surface area contributed by atoms with Crippen molar-refractivity contribution in [3.63, 3.8) is 0 Å². The summed E-state index contributed by atoms with van der Waals surface area (Å²) in [5.41, 5.74) is 0.315. The number of aromatic nitrogens is 2. The second kappa shape index (κ2) is 5.63. The number of carbonyl (C=O) groups is 1. The van der Waals surface area contributed by atoms with Gasteiger partial charge in [0.05, 0.1) is 18.5 Å². The Labute approximate surface area is 111 Å². The minimum Gasteiger partial charge on any atom is -0.393 e. The second-order valence-corrected chi connectivity index (χ2v) is 4.98. The van der Waals surface area contributed by atoms with E-state index in [1.807, 2.05) is 0 Å². The van der Waals surface area contributed by atoms with Crippen molar-refractivity contribution in [2.45, 2.75) is 25.9 Å². The first kappa shape index (κ1) is 13.2. The number of aliphatic hydroxyl groups is 1. The molecule has 1 fully saturated rings. The standard InChI is InChI=1S/C12H16ClN3O2/c1-8(17)9-2-4-16(5-3-9)12(18)10-6-15-11(13)7-14-10/h6-9,17H,2-5H2,1H3. The molecular weight excluding hydrogens is 254 g/mol. The Kier molecular flexibility index (Phi) is 4.14. The Morgan fingerprint density at radius 3 is 2.61 bits per heavy atom. The first-order chi connectivity index (χ1) is 8.58. The normalized spacial score (nSPS) is 18.7. The van der Waals surface area contributed by atoms with E-state index in [2.05, 4.69) is 9.97 Å². The van der Waals surface area contributed by atoms with Crippen LogP contribution in [0.4, 0.5) is 0 Å². The smallest absolute Gasteiger partial charge is 0.274 e. The third kappa shape index (κ3) is 2.97. The molecule has 0 aliphatic carbocycles. The molecule has 18 heavy (non-hydrogen) atoms. The molecule has 0 aromatic carbocycles. The molecule has 1 aliphatic rings. The van der Waals surface area contributed by atoms with E-state index in [9.17, 15) is 9.90 Å². The lowest BCUT2D eigenvalue weighted by Gasteiger charge is -2.33. The highest BCUT2D eigenvalue weighted by Crippen LogP contribution is 2.21. The Morgan fingerprint density at radius 2 is 2.11 bits per heavy atom. The molecule has 2 heterocycles. The maximum Gasteiger partial charge on any atom is 0.274 e. The lowest BCUT2D eigenvalue weighted by Crippen LogP contribution is -2.41. The molecule has 0 radical (unpaired) electrons. The molecule has 0 saturated carbocycles. The predicted octanol–water partition coefficient (Wildman–Crippen LogP) is 1.36. The van der Waals surface area contributed by atoms with Crippen molar-refractivity contribution in [3.05, 3.63) is 23.2 Å². The highest BCUT2D eigenvalue weighted by atomic mass is 35.5. The van der Waals surface area contributed by atoms with E-state index in [4.69, 9.17) is 11.6 Å². The van der Waals surface area contributed by atoms with Crippen LogP contribution in [0.2, 0.25) is 5.15 Å². The van der Waals surface area contributed by atoms with Crippen LogP contribution in [-0.4, -0.2) is 45.1 Å². The number of piperidine rings is 1. The SMILES string of the molecule is CC(O)C1CCN(C(=O)c2cnc(Cl)cn2)CC1. The average Bonchev–Trinajstić information content (AvgIpc) is 2.39. The topological polar surface area (TPSA) is 66.3 Å². The summed E-state index contributed by atoms with van der Waals surface area (Å²) in [6, 6.07) is 0. The van der Waals surface area contributed by atoms with E-state index in [1.54, 1.807) is 11.8 Å². The number of amides is 1. The molecule has 98 valence electrons. The van der Waals surface area contributed by atoms with Gasteiger partial charge in [0, 0.05) is 13.1 Å². The number of aliphatic hydroxyl groups excluding tert-OH is 1. The van der Waals surface area contributed by atoms with Gasteiger partial charge >= 0.3 is 0 Å². The molecule has 0 spiro atoms. The van der Waals surface area contributed by atoms with E-state index in [1.165, 1.54) is 12.4 Å². The molecule has 1 amide bonds. The summed E-state index contributed by atoms with van der Waals surface area (Å²) in [6.07, 6.45) is 4.11. The zero-order valence-electron chi connectivity index (χ0n) is 10.2. The Hall–Kier alpha value is -1.20. The highest BCUT2D eigenvalue weighted by Gasteiger charge is 2.26. The van der Waals surface area contributed by atoms with Gasteiger partial charge in [-0.2, -0.15) is 0 Å². The predicted molar refractivity (Wildman–Crippen MR) is 67.4 cm³/mol. The molecule has 1 aromatic heterocycles. The van der Waals surface area contributed by atoms with Gasteiger partial charge in [0.1, 0.15) is 10.8 Å². The molecular formula is C12H16ClN3O2. The minimum absolute atomic E-state index is 0.122. The quantitative estimate of drug-likeness (QED) is 0.880. The van der Waals surface area contributed by atoms with E-state index >= 15 is 0 Å². The number of rotatable bonds is 2. The van der Waals surface area contributed by atoms with Gasteiger partial charge in [-0.3, -0.25) is 4.79 Å². The van der Waals surface area contributed by atoms with Crippen LogP contribution in [-0.2, 0) is 0 Å². The molecule has 1 saturated heterocycles. The van der Waals surface area contributed by atoms with Crippen molar-refractivity contribution in [1.82, 2.24) is 14.9 Å². The van der Waals surface area contributed by atoms with Crippen molar-refractivity contribution >= 4 is 17.5 Å². The van der Waals surface area contributed by atoms with Gasteiger partial charge in [0.2, 0.25) is 0 Å². The zero-order chi connectivity index (χ0) is 13.1. The summed E-state index contributed by atoms with van der Waals surface area (Å²) < 4.78 is 0. The number of likely N-dealkylation sites (tertiary alicyclic amines) is 1. The summed E-state index contributed by atoms with van der Waals surface area (Å²) in [7, 11) is 0. The van der Waals surface area contributed by atoms with Crippen molar-refractivity contribution < 1.29 is 9.90 Å². The number of hydrogen-bond acceptors (Lipinski definition) is 4. The number of halogens is 1. The molecule has 1 aromatic rings. The first-order valence-corrected chi connectivity index (χ1v) is 6.40. The van der Waals surface area contributed by atoms with Gasteiger partial charge < -0.3 is 10.0 Å². The van der Waals surface area contributed by atoms with Crippen molar-refractivity contribution in [1.29, 1.82) is 0 Å². The van der Waals surface area contributed by atoms with Crippen molar-refractivity contribution in [2.24, 2.45) is 5.92 Å². The van der Waals surface area contributed by atoms with Gasteiger partial charge in [-0.15, -0.1) is 0 Å². The third-order valence-corrected chi connectivity index (χ3v) is 3.54. The molecule has 5 nitrogen and oxygen atoms in total.